The Morgan fingerprint density at radius 1 is 1.48 bits per heavy atom. The van der Waals surface area contributed by atoms with Crippen LogP contribution >= 0.6 is 0 Å². The van der Waals surface area contributed by atoms with Crippen LogP contribution in [0.15, 0.2) is 35.1 Å². The summed E-state index contributed by atoms with van der Waals surface area (Å²) in [5.41, 5.74) is 6.07. The smallest absolute Gasteiger partial charge is 0.296 e. The van der Waals surface area contributed by atoms with Crippen LogP contribution in [0, 0.1) is 10.1 Å². The highest BCUT2D eigenvalue weighted by Gasteiger charge is 2.18. The number of nitrogens with one attached hydrogen (secondary N) is 1. The molecule has 0 amide bonds. The predicted molar refractivity (Wildman–Crippen MR) is 86.4 cm³/mol. The van der Waals surface area contributed by atoms with E-state index >= 15 is 0 Å². The molecule has 9 nitrogen and oxygen atoms in total. The van der Waals surface area contributed by atoms with Gasteiger partial charge < -0.3 is 25.4 Å². The second-order valence-electron chi connectivity index (χ2n) is 4.85. The van der Waals surface area contributed by atoms with Crippen molar-refractivity contribution in [2.24, 2.45) is 10.7 Å². The van der Waals surface area contributed by atoms with Gasteiger partial charge in [-0.2, -0.15) is 0 Å². The Morgan fingerprint density at radius 3 is 2.91 bits per heavy atom. The first-order valence-electron chi connectivity index (χ1n) is 6.92. The lowest BCUT2D eigenvalue weighted by molar-refractivity contribution is -0.384. The quantitative estimate of drug-likeness (QED) is 0.439. The molecule has 1 atom stereocenters. The molecule has 1 unspecified atom stereocenters. The lowest BCUT2D eigenvalue weighted by Gasteiger charge is -2.23. The third-order valence-corrected chi connectivity index (χ3v) is 3.16. The topological polar surface area (TPSA) is 115 Å². The van der Waals surface area contributed by atoms with Crippen molar-refractivity contribution in [3.05, 3.63) is 40.2 Å². The number of nitrogens with two attached hydrogens (primary N) is 1. The minimum atomic E-state index is -0.481. The van der Waals surface area contributed by atoms with Crippen LogP contribution in [0.4, 0.5) is 11.4 Å². The Bertz CT molecular complexity index is 632. The number of likely N-dealkylation sites (N-methyl/N-ethyl adjacent to an activating group) is 1. The molecule has 23 heavy (non-hydrogen) atoms. The number of hydrogen-bond acceptors (Lipinski definition) is 8. The van der Waals surface area contributed by atoms with E-state index in [1.165, 1.54) is 6.07 Å². The van der Waals surface area contributed by atoms with Gasteiger partial charge in [-0.3, -0.25) is 10.1 Å². The highest BCUT2D eigenvalue weighted by atomic mass is 16.6. The molecule has 0 saturated carbocycles. The summed E-state index contributed by atoms with van der Waals surface area (Å²) in [6.07, 6.45) is 2.89. The van der Waals surface area contributed by atoms with E-state index in [0.717, 1.165) is 0 Å². The maximum Gasteiger partial charge on any atom is 0.296 e. The van der Waals surface area contributed by atoms with Crippen molar-refractivity contribution < 1.29 is 14.4 Å². The Kier molecular flexibility index (Phi) is 5.50. The van der Waals surface area contributed by atoms with Gasteiger partial charge in [-0.05, 0) is 18.2 Å². The average molecular weight is 321 g/mol. The van der Waals surface area contributed by atoms with Crippen LogP contribution in [-0.4, -0.2) is 49.7 Å². The molecule has 1 heterocycles. The van der Waals surface area contributed by atoms with Gasteiger partial charge in [-0.15, -0.1) is 0 Å². The molecular weight excluding hydrogens is 302 g/mol. The number of nitro groups is 1. The van der Waals surface area contributed by atoms with Crippen molar-refractivity contribution >= 4 is 17.7 Å². The van der Waals surface area contributed by atoms with Crippen LogP contribution in [0.5, 0.6) is 5.75 Å². The first-order chi connectivity index (χ1) is 11.0. The largest absolute Gasteiger partial charge is 0.491 e. The Hall–Kier alpha value is -2.65. The number of ether oxygens (including phenoxy) is 2. The summed E-state index contributed by atoms with van der Waals surface area (Å²) < 4.78 is 10.3. The Balaban J connectivity index is 2.17. The summed E-state index contributed by atoms with van der Waals surface area (Å²) in [5.74, 6) is 0.851. The number of benzene rings is 1. The van der Waals surface area contributed by atoms with Crippen LogP contribution in [0.1, 0.15) is 0 Å². The fraction of sp³-hybridized carbons (Fsp3) is 0.357. The van der Waals surface area contributed by atoms with E-state index in [0.29, 0.717) is 30.5 Å². The molecular formula is C14H19N5O4. The summed E-state index contributed by atoms with van der Waals surface area (Å²) in [6, 6.07) is 4.57. The minimum Gasteiger partial charge on any atom is -0.491 e. The lowest BCUT2D eigenvalue weighted by Crippen LogP contribution is -2.39. The van der Waals surface area contributed by atoms with Crippen molar-refractivity contribution in [3.63, 3.8) is 0 Å². The molecule has 9 heteroatoms. The maximum atomic E-state index is 11.3. The van der Waals surface area contributed by atoms with Gasteiger partial charge in [0.25, 0.3) is 5.69 Å². The molecule has 1 aromatic rings. The monoisotopic (exact) mass is 321 g/mol. The third-order valence-electron chi connectivity index (χ3n) is 3.16. The van der Waals surface area contributed by atoms with Gasteiger partial charge in [0.05, 0.1) is 23.9 Å². The summed E-state index contributed by atoms with van der Waals surface area (Å²) in [6.45, 7) is 0.720. The van der Waals surface area contributed by atoms with E-state index in [4.69, 9.17) is 15.2 Å². The molecule has 1 aliphatic heterocycles. The van der Waals surface area contributed by atoms with E-state index in [9.17, 15) is 10.1 Å². The summed E-state index contributed by atoms with van der Waals surface area (Å²) in [5, 5.41) is 14.2. The van der Waals surface area contributed by atoms with Gasteiger partial charge in [0.1, 0.15) is 30.0 Å². The molecule has 0 bridgehead atoms. The number of nitrogens with zero attached hydrogens (tertiary/aromatic N) is 3. The molecule has 0 saturated heterocycles. The number of rotatable bonds is 7. The van der Waals surface area contributed by atoms with Gasteiger partial charge in [0, 0.05) is 14.2 Å². The van der Waals surface area contributed by atoms with Gasteiger partial charge in [-0.1, -0.05) is 0 Å². The molecule has 0 fully saturated rings. The Labute approximate surface area is 133 Å². The van der Waals surface area contributed by atoms with E-state index in [2.05, 4.69) is 10.3 Å². The van der Waals surface area contributed by atoms with Crippen molar-refractivity contribution in [2.75, 3.05) is 32.7 Å². The van der Waals surface area contributed by atoms with Crippen molar-refractivity contribution in [2.45, 2.75) is 6.17 Å². The van der Waals surface area contributed by atoms with E-state index in [1.54, 1.807) is 43.6 Å². The number of nitro benzene ring substituents is 1. The molecule has 0 spiro atoms. The average Bonchev–Trinajstić information content (AvgIpc) is 2.52. The second kappa shape index (κ2) is 7.56. The van der Waals surface area contributed by atoms with E-state index in [-0.39, 0.29) is 11.9 Å². The Morgan fingerprint density at radius 2 is 2.26 bits per heavy atom. The molecule has 2 rings (SSSR count). The summed E-state index contributed by atoms with van der Waals surface area (Å²) in [7, 11) is 3.34. The van der Waals surface area contributed by atoms with Crippen LogP contribution in [0.2, 0.25) is 0 Å². The van der Waals surface area contributed by atoms with Gasteiger partial charge in [0.15, 0.2) is 0 Å². The molecule has 0 aliphatic carbocycles. The molecule has 3 N–H and O–H groups in total. The van der Waals surface area contributed by atoms with Crippen molar-refractivity contribution in [3.8, 4) is 5.75 Å². The first-order valence-corrected chi connectivity index (χ1v) is 6.92. The highest BCUT2D eigenvalue weighted by Crippen LogP contribution is 2.30. The highest BCUT2D eigenvalue weighted by molar-refractivity contribution is 5.68. The summed E-state index contributed by atoms with van der Waals surface area (Å²) in [4.78, 5) is 16.6. The molecule has 0 aromatic heterocycles. The molecule has 124 valence electrons. The zero-order valence-corrected chi connectivity index (χ0v) is 12.9. The van der Waals surface area contributed by atoms with Gasteiger partial charge >= 0.3 is 0 Å². The second-order valence-corrected chi connectivity index (χ2v) is 4.85. The third kappa shape index (κ3) is 4.41. The van der Waals surface area contributed by atoms with Gasteiger partial charge in [0.2, 0.25) is 0 Å². The van der Waals surface area contributed by atoms with Gasteiger partial charge in [-0.25, -0.2) is 4.99 Å². The van der Waals surface area contributed by atoms with Crippen LogP contribution in [-0.2, 0) is 4.74 Å². The van der Waals surface area contributed by atoms with E-state index in [1.807, 2.05) is 0 Å². The molecule has 1 aliphatic rings. The molecule has 0 radical (unpaired) electrons. The fourth-order valence-electron chi connectivity index (χ4n) is 1.87. The number of hydrogen-bond donors (Lipinski definition) is 2. The minimum absolute atomic E-state index is 0.108. The SMILES string of the molecule is COCCOc1ccc(NC2=CC(N)N(C)C=N2)c([N+](=O)[O-])c1. The maximum absolute atomic E-state index is 11.3. The van der Waals surface area contributed by atoms with Crippen LogP contribution in [0.25, 0.3) is 0 Å². The fourth-order valence-corrected chi connectivity index (χ4v) is 1.87. The summed E-state index contributed by atoms with van der Waals surface area (Å²) >= 11 is 0. The number of anilines is 1. The van der Waals surface area contributed by atoms with Crippen LogP contribution < -0.4 is 15.8 Å². The zero-order valence-electron chi connectivity index (χ0n) is 12.9. The van der Waals surface area contributed by atoms with E-state index < -0.39 is 4.92 Å². The van der Waals surface area contributed by atoms with Crippen LogP contribution in [0.3, 0.4) is 0 Å². The normalized spacial score (nSPS) is 16.9. The van der Waals surface area contributed by atoms with Crippen molar-refractivity contribution in [1.82, 2.24) is 4.90 Å². The van der Waals surface area contributed by atoms with Crippen molar-refractivity contribution in [1.29, 1.82) is 0 Å². The lowest BCUT2D eigenvalue weighted by atomic mass is 10.2. The number of aliphatic imine (C=N–C) groups is 1. The first kappa shape index (κ1) is 16.7. The predicted octanol–water partition coefficient (Wildman–Crippen LogP) is 1.13. The number of methoxy groups -OCH3 is 1. The molecule has 1 aromatic carbocycles. The standard InChI is InChI=1S/C14H19N5O4/c1-18-9-16-14(8-13(18)15)17-11-4-3-10(23-6-5-22-2)7-12(11)19(20)21/h3-4,7-9,13,17H,5-6,15H2,1-2H3. The zero-order chi connectivity index (χ0) is 16.8.